The number of carbonyl (C=O) groups excluding carboxylic acids is 1. The minimum Gasteiger partial charge on any atom is -0.461 e. The van der Waals surface area contributed by atoms with Gasteiger partial charge in [0.05, 0.1) is 17.2 Å². The highest BCUT2D eigenvalue weighted by molar-refractivity contribution is 7.85. The number of hydrogen-bond acceptors (Lipinski definition) is 5. The molecule has 8 nitrogen and oxygen atoms in total. The monoisotopic (exact) mass is 312 g/mol. The molecule has 0 amide bonds. The Morgan fingerprint density at radius 2 is 2.10 bits per heavy atom. The number of hydrogen-bond donors (Lipinski definition) is 2. The Kier molecular flexibility index (Phi) is 3.96. The summed E-state index contributed by atoms with van der Waals surface area (Å²) in [4.78, 5) is 23.0. The lowest BCUT2D eigenvalue weighted by atomic mass is 10.3. The van der Waals surface area contributed by atoms with Crippen LogP contribution in [0.1, 0.15) is 17.4 Å². The molecular formula is C12H12N2O6S. The van der Waals surface area contributed by atoms with Crippen LogP contribution in [0.15, 0.2) is 40.0 Å². The van der Waals surface area contributed by atoms with Gasteiger partial charge < -0.3 is 4.74 Å². The number of aromatic nitrogens is 2. The summed E-state index contributed by atoms with van der Waals surface area (Å²) in [7, 11) is -4.39. The zero-order valence-corrected chi connectivity index (χ0v) is 11.8. The number of nitrogens with zero attached hydrogens (tertiary/aromatic N) is 1. The molecule has 0 bridgehead atoms. The Morgan fingerprint density at radius 1 is 1.38 bits per heavy atom. The molecule has 0 saturated carbocycles. The van der Waals surface area contributed by atoms with Gasteiger partial charge in [-0.3, -0.25) is 14.4 Å². The molecule has 0 fully saturated rings. The Hall–Kier alpha value is -2.39. The first-order chi connectivity index (χ1) is 9.82. The van der Waals surface area contributed by atoms with Gasteiger partial charge in [-0.1, -0.05) is 6.07 Å². The van der Waals surface area contributed by atoms with E-state index in [4.69, 9.17) is 9.29 Å². The topological polar surface area (TPSA) is 118 Å². The van der Waals surface area contributed by atoms with Crippen molar-refractivity contribution in [2.24, 2.45) is 0 Å². The van der Waals surface area contributed by atoms with Crippen molar-refractivity contribution in [1.82, 2.24) is 9.78 Å². The van der Waals surface area contributed by atoms with Crippen molar-refractivity contribution in [3.8, 4) is 5.69 Å². The maximum Gasteiger partial charge on any atom is 0.356 e. The number of carbonyl (C=O) groups is 1. The second-order valence-electron chi connectivity index (χ2n) is 4.04. The standard InChI is InChI=1S/C12H12N2O6S/c1-2-20-12(16)10-7-11(15)14(13-10)8-4-3-5-9(6-8)21(17,18)19/h3-7,13H,2H2,1H3,(H,17,18,19). The lowest BCUT2D eigenvalue weighted by Gasteiger charge is -2.04. The van der Waals surface area contributed by atoms with Crippen molar-refractivity contribution in [3.63, 3.8) is 0 Å². The Morgan fingerprint density at radius 3 is 2.71 bits per heavy atom. The highest BCUT2D eigenvalue weighted by atomic mass is 32.2. The maximum atomic E-state index is 11.8. The third-order valence-corrected chi connectivity index (χ3v) is 3.44. The molecule has 0 radical (unpaired) electrons. The normalized spacial score (nSPS) is 11.3. The Balaban J connectivity index is 2.48. The van der Waals surface area contributed by atoms with Crippen molar-refractivity contribution in [3.05, 3.63) is 46.4 Å². The first-order valence-electron chi connectivity index (χ1n) is 5.90. The molecule has 0 aliphatic rings. The molecule has 0 atom stereocenters. The molecule has 1 aromatic carbocycles. The molecule has 112 valence electrons. The quantitative estimate of drug-likeness (QED) is 0.630. The van der Waals surface area contributed by atoms with Crippen molar-refractivity contribution in [2.45, 2.75) is 11.8 Å². The summed E-state index contributed by atoms with van der Waals surface area (Å²) < 4.78 is 36.9. The molecule has 0 aliphatic carbocycles. The van der Waals surface area contributed by atoms with Crippen LogP contribution in [0, 0.1) is 0 Å². The molecule has 1 heterocycles. The van der Waals surface area contributed by atoms with E-state index < -0.39 is 21.6 Å². The van der Waals surface area contributed by atoms with E-state index in [1.165, 1.54) is 18.2 Å². The van der Waals surface area contributed by atoms with Crippen molar-refractivity contribution in [1.29, 1.82) is 0 Å². The molecule has 21 heavy (non-hydrogen) atoms. The predicted octanol–water partition coefficient (Wildman–Crippen LogP) is 0.589. The minimum atomic E-state index is -4.39. The summed E-state index contributed by atoms with van der Waals surface area (Å²) >= 11 is 0. The van der Waals surface area contributed by atoms with E-state index >= 15 is 0 Å². The summed E-state index contributed by atoms with van der Waals surface area (Å²) in [5, 5.41) is 2.51. The van der Waals surface area contributed by atoms with E-state index in [0.29, 0.717) is 0 Å². The van der Waals surface area contributed by atoms with Crippen molar-refractivity contribution in [2.75, 3.05) is 6.61 Å². The number of H-pyrrole nitrogens is 1. The molecule has 9 heteroatoms. The fourth-order valence-electron chi connectivity index (χ4n) is 1.68. The summed E-state index contributed by atoms with van der Waals surface area (Å²) in [6.07, 6.45) is 0. The van der Waals surface area contributed by atoms with Crippen LogP contribution in [-0.4, -0.2) is 35.3 Å². The third kappa shape index (κ3) is 3.20. The van der Waals surface area contributed by atoms with Crippen LogP contribution in [0.4, 0.5) is 0 Å². The molecular weight excluding hydrogens is 300 g/mol. The number of aromatic amines is 1. The van der Waals surface area contributed by atoms with E-state index in [1.807, 2.05) is 0 Å². The minimum absolute atomic E-state index is 0.0564. The first kappa shape index (κ1) is 15.0. The van der Waals surface area contributed by atoms with E-state index in [2.05, 4.69) is 5.10 Å². The third-order valence-electron chi connectivity index (χ3n) is 2.59. The Labute approximate surface area is 119 Å². The van der Waals surface area contributed by atoms with Gasteiger partial charge in [0.2, 0.25) is 0 Å². The van der Waals surface area contributed by atoms with Crippen LogP contribution in [0.25, 0.3) is 5.69 Å². The molecule has 2 rings (SSSR count). The van der Waals surface area contributed by atoms with Crippen LogP contribution in [0.3, 0.4) is 0 Å². The van der Waals surface area contributed by atoms with Crippen LogP contribution >= 0.6 is 0 Å². The maximum absolute atomic E-state index is 11.8. The fourth-order valence-corrected chi connectivity index (χ4v) is 2.20. The largest absolute Gasteiger partial charge is 0.461 e. The predicted molar refractivity (Wildman–Crippen MR) is 72.2 cm³/mol. The van der Waals surface area contributed by atoms with Gasteiger partial charge in [-0.05, 0) is 25.1 Å². The summed E-state index contributed by atoms with van der Waals surface area (Å²) in [5.74, 6) is -0.695. The summed E-state index contributed by atoms with van der Waals surface area (Å²) in [5.41, 5.74) is -0.463. The van der Waals surface area contributed by atoms with E-state index in [-0.39, 0.29) is 22.9 Å². The number of rotatable bonds is 4. The smallest absolute Gasteiger partial charge is 0.356 e. The average molecular weight is 312 g/mol. The highest BCUT2D eigenvalue weighted by Gasteiger charge is 2.15. The highest BCUT2D eigenvalue weighted by Crippen LogP contribution is 2.13. The van der Waals surface area contributed by atoms with E-state index in [9.17, 15) is 18.0 Å². The van der Waals surface area contributed by atoms with Gasteiger partial charge in [0.25, 0.3) is 15.7 Å². The zero-order valence-electron chi connectivity index (χ0n) is 10.9. The van der Waals surface area contributed by atoms with Crippen molar-refractivity contribution < 1.29 is 22.5 Å². The number of benzene rings is 1. The SMILES string of the molecule is CCOC(=O)c1cc(=O)n(-c2cccc(S(=O)(=O)O)c2)[nH]1. The van der Waals surface area contributed by atoms with E-state index in [1.54, 1.807) is 6.92 Å². The Bertz CT molecular complexity index is 833. The molecule has 0 unspecified atom stereocenters. The van der Waals surface area contributed by atoms with Gasteiger partial charge in [-0.15, -0.1) is 0 Å². The molecule has 0 spiro atoms. The second kappa shape index (κ2) is 5.54. The van der Waals surface area contributed by atoms with Gasteiger partial charge in [0, 0.05) is 6.07 Å². The lowest BCUT2D eigenvalue weighted by Crippen LogP contribution is -2.14. The number of ether oxygens (including phenoxy) is 1. The molecule has 2 aromatic rings. The van der Waals surface area contributed by atoms with Gasteiger partial charge in [0.15, 0.2) is 0 Å². The zero-order chi connectivity index (χ0) is 15.6. The average Bonchev–Trinajstić information content (AvgIpc) is 2.80. The van der Waals surface area contributed by atoms with Crippen LogP contribution in [0.2, 0.25) is 0 Å². The van der Waals surface area contributed by atoms with Gasteiger partial charge in [-0.25, -0.2) is 9.48 Å². The van der Waals surface area contributed by atoms with Gasteiger partial charge in [0.1, 0.15) is 5.69 Å². The van der Waals surface area contributed by atoms with Crippen molar-refractivity contribution >= 4 is 16.1 Å². The van der Waals surface area contributed by atoms with E-state index in [0.717, 1.165) is 16.8 Å². The van der Waals surface area contributed by atoms with Gasteiger partial charge >= 0.3 is 5.97 Å². The van der Waals surface area contributed by atoms with Crippen LogP contribution in [-0.2, 0) is 14.9 Å². The lowest BCUT2D eigenvalue weighted by molar-refractivity contribution is 0.0519. The summed E-state index contributed by atoms with van der Waals surface area (Å²) in [6, 6.07) is 6.12. The fraction of sp³-hybridized carbons (Fsp3) is 0.167. The molecule has 0 saturated heterocycles. The second-order valence-corrected chi connectivity index (χ2v) is 5.46. The molecule has 0 aliphatic heterocycles. The molecule has 1 aromatic heterocycles. The van der Waals surface area contributed by atoms with Crippen LogP contribution < -0.4 is 5.56 Å². The van der Waals surface area contributed by atoms with Crippen LogP contribution in [0.5, 0.6) is 0 Å². The van der Waals surface area contributed by atoms with Gasteiger partial charge in [-0.2, -0.15) is 8.42 Å². The molecule has 2 N–H and O–H groups in total. The number of nitrogens with one attached hydrogen (secondary N) is 1. The summed E-state index contributed by atoms with van der Waals surface area (Å²) in [6.45, 7) is 1.78. The first-order valence-corrected chi connectivity index (χ1v) is 7.34. The number of esters is 1.